The molecule has 1 atom stereocenters. The summed E-state index contributed by atoms with van der Waals surface area (Å²) < 4.78 is 0. The maximum Gasteiger partial charge on any atom is 0.225 e. The van der Waals surface area contributed by atoms with Crippen molar-refractivity contribution in [2.45, 2.75) is 40.2 Å². The number of aryl methyl sites for hydroxylation is 1. The lowest BCUT2D eigenvalue weighted by molar-refractivity contribution is -0.116. The number of nitrogens with one attached hydrogen (secondary N) is 3. The van der Waals surface area contributed by atoms with E-state index in [0.29, 0.717) is 12.1 Å². The first-order valence-corrected chi connectivity index (χ1v) is 6.83. The van der Waals surface area contributed by atoms with Gasteiger partial charge in [0.2, 0.25) is 11.8 Å². The molecule has 0 bridgehead atoms. The SMILES string of the molecule is CCNC(C)CC(=O)Nc1ccc(C)c(NC(C)=O)c1. The number of amides is 2. The van der Waals surface area contributed by atoms with Gasteiger partial charge in [-0.2, -0.15) is 0 Å². The zero-order valence-electron chi connectivity index (χ0n) is 12.5. The van der Waals surface area contributed by atoms with Gasteiger partial charge < -0.3 is 16.0 Å². The monoisotopic (exact) mass is 277 g/mol. The van der Waals surface area contributed by atoms with Crippen LogP contribution in [0.15, 0.2) is 18.2 Å². The molecule has 5 heteroatoms. The van der Waals surface area contributed by atoms with Gasteiger partial charge in [-0.05, 0) is 38.1 Å². The maximum absolute atomic E-state index is 11.9. The molecule has 0 aromatic heterocycles. The van der Waals surface area contributed by atoms with Crippen LogP contribution in [0, 0.1) is 6.92 Å². The Morgan fingerprint density at radius 2 is 1.95 bits per heavy atom. The van der Waals surface area contributed by atoms with Crippen molar-refractivity contribution in [3.63, 3.8) is 0 Å². The smallest absolute Gasteiger partial charge is 0.225 e. The third-order valence-electron chi connectivity index (χ3n) is 2.88. The zero-order valence-corrected chi connectivity index (χ0v) is 12.5. The topological polar surface area (TPSA) is 70.2 Å². The van der Waals surface area contributed by atoms with E-state index in [0.717, 1.165) is 17.8 Å². The summed E-state index contributed by atoms with van der Waals surface area (Å²) in [4.78, 5) is 23.0. The number of benzene rings is 1. The summed E-state index contributed by atoms with van der Waals surface area (Å²) in [6, 6.07) is 5.61. The largest absolute Gasteiger partial charge is 0.326 e. The van der Waals surface area contributed by atoms with Gasteiger partial charge in [0.15, 0.2) is 0 Å². The van der Waals surface area contributed by atoms with Gasteiger partial charge in [0.05, 0.1) is 0 Å². The minimum absolute atomic E-state index is 0.0453. The number of anilines is 2. The van der Waals surface area contributed by atoms with Crippen molar-refractivity contribution in [3.8, 4) is 0 Å². The molecule has 1 rings (SSSR count). The summed E-state index contributed by atoms with van der Waals surface area (Å²) in [6.07, 6.45) is 0.414. The van der Waals surface area contributed by atoms with Gasteiger partial charge in [-0.25, -0.2) is 0 Å². The first-order valence-electron chi connectivity index (χ1n) is 6.83. The highest BCUT2D eigenvalue weighted by atomic mass is 16.2. The van der Waals surface area contributed by atoms with E-state index in [1.165, 1.54) is 6.92 Å². The molecule has 0 spiro atoms. The molecule has 0 aliphatic carbocycles. The van der Waals surface area contributed by atoms with E-state index in [1.54, 1.807) is 6.07 Å². The highest BCUT2D eigenvalue weighted by Crippen LogP contribution is 2.20. The number of carbonyl (C=O) groups excluding carboxylic acids is 2. The summed E-state index contributed by atoms with van der Waals surface area (Å²) in [5.74, 6) is -0.173. The van der Waals surface area contributed by atoms with E-state index in [1.807, 2.05) is 32.9 Å². The molecule has 3 N–H and O–H groups in total. The molecule has 1 aromatic carbocycles. The van der Waals surface area contributed by atoms with Gasteiger partial charge in [0, 0.05) is 30.8 Å². The Balaban J connectivity index is 2.68. The average Bonchev–Trinajstić information content (AvgIpc) is 2.32. The molecule has 2 amide bonds. The fourth-order valence-corrected chi connectivity index (χ4v) is 1.93. The Morgan fingerprint density at radius 1 is 1.25 bits per heavy atom. The summed E-state index contributed by atoms with van der Waals surface area (Å²) in [5.41, 5.74) is 2.36. The Morgan fingerprint density at radius 3 is 2.55 bits per heavy atom. The third-order valence-corrected chi connectivity index (χ3v) is 2.88. The lowest BCUT2D eigenvalue weighted by Gasteiger charge is -2.13. The summed E-state index contributed by atoms with van der Waals surface area (Å²) in [7, 11) is 0. The van der Waals surface area contributed by atoms with Crippen molar-refractivity contribution >= 4 is 23.2 Å². The van der Waals surface area contributed by atoms with Crippen molar-refractivity contribution < 1.29 is 9.59 Å². The van der Waals surface area contributed by atoms with Crippen molar-refractivity contribution in [3.05, 3.63) is 23.8 Å². The summed E-state index contributed by atoms with van der Waals surface area (Å²) in [6.45, 7) is 8.19. The fraction of sp³-hybridized carbons (Fsp3) is 0.467. The van der Waals surface area contributed by atoms with Crippen molar-refractivity contribution in [1.29, 1.82) is 0 Å². The van der Waals surface area contributed by atoms with E-state index < -0.39 is 0 Å². The predicted octanol–water partition coefficient (Wildman–Crippen LogP) is 2.28. The van der Waals surface area contributed by atoms with E-state index in [4.69, 9.17) is 0 Å². The molecule has 20 heavy (non-hydrogen) atoms. The number of carbonyl (C=O) groups is 2. The molecule has 0 radical (unpaired) electrons. The maximum atomic E-state index is 11.9. The number of rotatable bonds is 6. The van der Waals surface area contributed by atoms with Crippen molar-refractivity contribution in [1.82, 2.24) is 5.32 Å². The lowest BCUT2D eigenvalue weighted by atomic mass is 10.1. The van der Waals surface area contributed by atoms with Gasteiger partial charge in [0.1, 0.15) is 0 Å². The molecule has 1 unspecified atom stereocenters. The van der Waals surface area contributed by atoms with Crippen LogP contribution >= 0.6 is 0 Å². The van der Waals surface area contributed by atoms with Crippen LogP contribution in [0.1, 0.15) is 32.8 Å². The van der Waals surface area contributed by atoms with Crippen LogP contribution in [-0.2, 0) is 9.59 Å². The Hall–Kier alpha value is -1.88. The summed E-state index contributed by atoms with van der Waals surface area (Å²) in [5, 5.41) is 8.78. The molecule has 5 nitrogen and oxygen atoms in total. The van der Waals surface area contributed by atoms with Gasteiger partial charge in [-0.1, -0.05) is 13.0 Å². The standard InChI is InChI=1S/C15H23N3O2/c1-5-16-11(3)8-15(20)18-13-7-6-10(2)14(9-13)17-12(4)19/h6-7,9,11,16H,5,8H2,1-4H3,(H,17,19)(H,18,20). The number of hydrogen-bond acceptors (Lipinski definition) is 3. The molecule has 0 heterocycles. The quantitative estimate of drug-likeness (QED) is 0.747. The van der Waals surface area contributed by atoms with Crippen molar-refractivity contribution in [2.75, 3.05) is 17.2 Å². The van der Waals surface area contributed by atoms with Crippen LogP contribution in [0.3, 0.4) is 0 Å². The highest BCUT2D eigenvalue weighted by molar-refractivity contribution is 5.94. The molecule has 110 valence electrons. The first kappa shape index (κ1) is 16.2. The van der Waals surface area contributed by atoms with Crippen LogP contribution in [0.4, 0.5) is 11.4 Å². The molecular formula is C15H23N3O2. The van der Waals surface area contributed by atoms with E-state index in [9.17, 15) is 9.59 Å². The molecule has 1 aromatic rings. The first-order chi connectivity index (χ1) is 9.42. The Kier molecular flexibility index (Phi) is 6.18. The third kappa shape index (κ3) is 5.40. The number of hydrogen-bond donors (Lipinski definition) is 3. The van der Waals surface area contributed by atoms with E-state index >= 15 is 0 Å². The van der Waals surface area contributed by atoms with Crippen LogP contribution in [-0.4, -0.2) is 24.4 Å². The van der Waals surface area contributed by atoms with E-state index in [2.05, 4.69) is 16.0 Å². The van der Waals surface area contributed by atoms with Crippen LogP contribution < -0.4 is 16.0 Å². The minimum Gasteiger partial charge on any atom is -0.326 e. The van der Waals surface area contributed by atoms with Crippen LogP contribution in [0.2, 0.25) is 0 Å². The average molecular weight is 277 g/mol. The van der Waals surface area contributed by atoms with Crippen molar-refractivity contribution in [2.24, 2.45) is 0 Å². The van der Waals surface area contributed by atoms with Gasteiger partial charge in [-0.3, -0.25) is 9.59 Å². The Labute approximate surface area is 120 Å². The van der Waals surface area contributed by atoms with Gasteiger partial charge >= 0.3 is 0 Å². The minimum atomic E-state index is -0.127. The second-order valence-corrected chi connectivity index (χ2v) is 4.92. The molecule has 0 saturated carbocycles. The van der Waals surface area contributed by atoms with Crippen LogP contribution in [0.25, 0.3) is 0 Å². The van der Waals surface area contributed by atoms with E-state index in [-0.39, 0.29) is 17.9 Å². The second-order valence-electron chi connectivity index (χ2n) is 4.92. The molecule has 0 aliphatic heterocycles. The molecular weight excluding hydrogens is 254 g/mol. The predicted molar refractivity (Wildman–Crippen MR) is 81.9 cm³/mol. The molecule has 0 fully saturated rings. The normalized spacial score (nSPS) is 11.8. The summed E-state index contributed by atoms with van der Waals surface area (Å²) >= 11 is 0. The lowest BCUT2D eigenvalue weighted by Crippen LogP contribution is -2.30. The second kappa shape index (κ2) is 7.65. The van der Waals surface area contributed by atoms with Crippen LogP contribution in [0.5, 0.6) is 0 Å². The molecule has 0 saturated heterocycles. The highest BCUT2D eigenvalue weighted by Gasteiger charge is 2.09. The Bertz CT molecular complexity index is 486. The fourth-order valence-electron chi connectivity index (χ4n) is 1.93. The van der Waals surface area contributed by atoms with Gasteiger partial charge in [0.25, 0.3) is 0 Å². The zero-order chi connectivity index (χ0) is 15.1. The molecule has 0 aliphatic rings. The van der Waals surface area contributed by atoms with Gasteiger partial charge in [-0.15, -0.1) is 0 Å².